The molecule has 2 N–H and O–H groups in total. The monoisotopic (exact) mass is 251 g/mol. The topological polar surface area (TPSA) is 70.6 Å². The van der Waals surface area contributed by atoms with E-state index < -0.39 is 0 Å². The number of nitrogens with one attached hydrogen (secondary N) is 2. The lowest BCUT2D eigenvalue weighted by molar-refractivity contribution is -0.121. The maximum atomic E-state index is 11.7. The second kappa shape index (κ2) is 5.09. The number of rotatable bonds is 3. The second-order valence-corrected chi connectivity index (χ2v) is 4.80. The van der Waals surface area contributed by atoms with Crippen molar-refractivity contribution < 1.29 is 9.59 Å². The zero-order valence-corrected chi connectivity index (χ0v) is 10.3. The van der Waals surface area contributed by atoms with E-state index in [1.54, 1.807) is 11.3 Å². The predicted octanol–water partition coefficient (Wildman–Crippen LogP) is 0.939. The first-order chi connectivity index (χ1) is 8.16. The van der Waals surface area contributed by atoms with Crippen LogP contribution in [0.5, 0.6) is 0 Å². The molecular weight excluding hydrogens is 238 g/mol. The van der Waals surface area contributed by atoms with Gasteiger partial charge >= 0.3 is 0 Å². The first-order valence-corrected chi connectivity index (χ1v) is 6.21. The van der Waals surface area contributed by atoms with Gasteiger partial charge in [-0.15, -0.1) is 11.3 Å². The Bertz CT molecular complexity index is 479. The molecule has 2 heterocycles. The molecular formula is C11H13N3O2S. The minimum absolute atomic E-state index is 0.143. The van der Waals surface area contributed by atoms with Crippen LogP contribution in [0, 0.1) is 6.92 Å². The Labute approximate surface area is 103 Å². The van der Waals surface area contributed by atoms with E-state index in [4.69, 9.17) is 0 Å². The van der Waals surface area contributed by atoms with Gasteiger partial charge in [0.15, 0.2) is 0 Å². The fraction of sp³-hybridized carbons (Fsp3) is 0.364. The average Bonchev–Trinajstić information content (AvgIpc) is 2.73. The van der Waals surface area contributed by atoms with Crippen molar-refractivity contribution in [2.75, 3.05) is 0 Å². The molecule has 0 saturated heterocycles. The van der Waals surface area contributed by atoms with Crippen LogP contribution in [0.15, 0.2) is 16.5 Å². The lowest BCUT2D eigenvalue weighted by Gasteiger charge is -2.11. The maximum absolute atomic E-state index is 11.7. The standard InChI is InChI=1S/C11H13N3O2S/c1-7-4-5-17-9(7)6-12-11(16)8-2-3-10(15)14-13-8/h4-5H,2-3,6H2,1H3,(H,12,16)(H,14,15). The Morgan fingerprint density at radius 1 is 1.59 bits per heavy atom. The largest absolute Gasteiger partial charge is 0.346 e. The molecule has 0 bridgehead atoms. The van der Waals surface area contributed by atoms with Crippen molar-refractivity contribution in [1.82, 2.24) is 10.7 Å². The fourth-order valence-corrected chi connectivity index (χ4v) is 2.33. The van der Waals surface area contributed by atoms with Crippen molar-refractivity contribution >= 4 is 28.9 Å². The molecule has 1 aliphatic rings. The van der Waals surface area contributed by atoms with E-state index in [0.717, 1.165) is 4.88 Å². The minimum Gasteiger partial charge on any atom is -0.346 e. The van der Waals surface area contributed by atoms with Crippen LogP contribution < -0.4 is 10.7 Å². The molecule has 5 nitrogen and oxygen atoms in total. The van der Waals surface area contributed by atoms with Crippen LogP contribution in [0.1, 0.15) is 23.3 Å². The van der Waals surface area contributed by atoms with Gasteiger partial charge < -0.3 is 5.32 Å². The molecule has 0 fully saturated rings. The Morgan fingerprint density at radius 2 is 2.41 bits per heavy atom. The molecule has 0 aliphatic carbocycles. The van der Waals surface area contributed by atoms with Gasteiger partial charge in [-0.2, -0.15) is 5.10 Å². The highest BCUT2D eigenvalue weighted by molar-refractivity contribution is 7.10. The average molecular weight is 251 g/mol. The summed E-state index contributed by atoms with van der Waals surface area (Å²) in [5.74, 6) is -0.353. The number of thiophene rings is 1. The van der Waals surface area contributed by atoms with Gasteiger partial charge in [0, 0.05) is 17.7 Å². The molecule has 2 rings (SSSR count). The van der Waals surface area contributed by atoms with Crippen LogP contribution in [-0.4, -0.2) is 17.5 Å². The van der Waals surface area contributed by atoms with E-state index in [9.17, 15) is 9.59 Å². The summed E-state index contributed by atoms with van der Waals surface area (Å²) in [5, 5.41) is 8.54. The highest BCUT2D eigenvalue weighted by Crippen LogP contribution is 2.14. The first kappa shape index (κ1) is 11.8. The smallest absolute Gasteiger partial charge is 0.267 e. The Balaban J connectivity index is 1.90. The predicted molar refractivity (Wildman–Crippen MR) is 65.7 cm³/mol. The molecule has 2 amide bonds. The van der Waals surface area contributed by atoms with Crippen molar-refractivity contribution in [3.05, 3.63) is 21.9 Å². The van der Waals surface area contributed by atoms with Gasteiger partial charge in [0.2, 0.25) is 5.91 Å². The third-order valence-electron chi connectivity index (χ3n) is 2.54. The summed E-state index contributed by atoms with van der Waals surface area (Å²) in [6, 6.07) is 2.02. The number of amides is 2. The summed E-state index contributed by atoms with van der Waals surface area (Å²) in [7, 11) is 0. The maximum Gasteiger partial charge on any atom is 0.267 e. The molecule has 1 aromatic heterocycles. The molecule has 0 saturated carbocycles. The molecule has 1 aromatic rings. The lowest BCUT2D eigenvalue weighted by atomic mass is 10.1. The Kier molecular flexibility index (Phi) is 3.53. The van der Waals surface area contributed by atoms with E-state index in [1.165, 1.54) is 5.56 Å². The number of hydrogen-bond donors (Lipinski definition) is 2. The van der Waals surface area contributed by atoms with Gasteiger partial charge in [0.1, 0.15) is 5.71 Å². The normalized spacial score (nSPS) is 15.1. The van der Waals surface area contributed by atoms with E-state index in [1.807, 2.05) is 18.4 Å². The van der Waals surface area contributed by atoms with Crippen LogP contribution in [-0.2, 0) is 16.1 Å². The van der Waals surface area contributed by atoms with E-state index in [2.05, 4.69) is 15.8 Å². The molecule has 0 unspecified atom stereocenters. The molecule has 0 radical (unpaired) electrons. The number of hydrazone groups is 1. The molecule has 6 heteroatoms. The molecule has 0 spiro atoms. The quantitative estimate of drug-likeness (QED) is 0.839. The van der Waals surface area contributed by atoms with E-state index in [0.29, 0.717) is 25.1 Å². The molecule has 17 heavy (non-hydrogen) atoms. The van der Waals surface area contributed by atoms with Gasteiger partial charge in [-0.3, -0.25) is 9.59 Å². The number of carbonyl (C=O) groups excluding carboxylic acids is 2. The Morgan fingerprint density at radius 3 is 3.00 bits per heavy atom. The highest BCUT2D eigenvalue weighted by atomic mass is 32.1. The van der Waals surface area contributed by atoms with Crippen molar-refractivity contribution in [1.29, 1.82) is 0 Å². The zero-order valence-electron chi connectivity index (χ0n) is 9.45. The van der Waals surface area contributed by atoms with E-state index in [-0.39, 0.29) is 11.8 Å². The second-order valence-electron chi connectivity index (χ2n) is 3.80. The lowest BCUT2D eigenvalue weighted by Crippen LogP contribution is -2.36. The summed E-state index contributed by atoms with van der Waals surface area (Å²) in [4.78, 5) is 23.7. The molecule has 0 atom stereocenters. The number of nitrogens with zero attached hydrogens (tertiary/aromatic N) is 1. The van der Waals surface area contributed by atoms with Crippen LogP contribution >= 0.6 is 11.3 Å². The van der Waals surface area contributed by atoms with E-state index >= 15 is 0 Å². The van der Waals surface area contributed by atoms with Crippen LogP contribution in [0.25, 0.3) is 0 Å². The Hall–Kier alpha value is -1.69. The number of aryl methyl sites for hydroxylation is 1. The SMILES string of the molecule is Cc1ccsc1CNC(=O)C1=NNC(=O)CC1. The van der Waals surface area contributed by atoms with Crippen LogP contribution in [0.2, 0.25) is 0 Å². The van der Waals surface area contributed by atoms with Gasteiger partial charge in [-0.1, -0.05) is 0 Å². The van der Waals surface area contributed by atoms with Gasteiger partial charge in [-0.25, -0.2) is 5.43 Å². The van der Waals surface area contributed by atoms with Crippen LogP contribution in [0.4, 0.5) is 0 Å². The van der Waals surface area contributed by atoms with Gasteiger partial charge in [0.05, 0.1) is 6.54 Å². The van der Waals surface area contributed by atoms with Gasteiger partial charge in [0.25, 0.3) is 5.91 Å². The summed E-state index contributed by atoms with van der Waals surface area (Å²) < 4.78 is 0. The third kappa shape index (κ3) is 2.91. The summed E-state index contributed by atoms with van der Waals surface area (Å²) >= 11 is 1.61. The molecule has 0 aromatic carbocycles. The summed E-state index contributed by atoms with van der Waals surface area (Å²) in [6.07, 6.45) is 0.728. The van der Waals surface area contributed by atoms with Crippen LogP contribution in [0.3, 0.4) is 0 Å². The van der Waals surface area contributed by atoms with Gasteiger partial charge in [-0.05, 0) is 23.9 Å². The fourth-order valence-electron chi connectivity index (χ4n) is 1.49. The minimum atomic E-state index is -0.210. The number of hydrogen-bond acceptors (Lipinski definition) is 4. The van der Waals surface area contributed by atoms with Crippen molar-refractivity contribution in [3.8, 4) is 0 Å². The van der Waals surface area contributed by atoms with Crippen molar-refractivity contribution in [2.24, 2.45) is 5.10 Å². The number of carbonyl (C=O) groups is 2. The molecule has 90 valence electrons. The third-order valence-corrected chi connectivity index (χ3v) is 3.57. The zero-order chi connectivity index (χ0) is 12.3. The van der Waals surface area contributed by atoms with Crippen molar-refractivity contribution in [2.45, 2.75) is 26.3 Å². The molecule has 1 aliphatic heterocycles. The summed E-state index contributed by atoms with van der Waals surface area (Å²) in [5.41, 5.74) is 3.87. The van der Waals surface area contributed by atoms with Crippen molar-refractivity contribution in [3.63, 3.8) is 0 Å². The highest BCUT2D eigenvalue weighted by Gasteiger charge is 2.17. The summed E-state index contributed by atoms with van der Waals surface area (Å²) in [6.45, 7) is 2.52. The first-order valence-electron chi connectivity index (χ1n) is 5.33.